The van der Waals surface area contributed by atoms with Gasteiger partial charge in [0.1, 0.15) is 11.6 Å². The molecule has 20 heavy (non-hydrogen) atoms. The largest absolute Gasteiger partial charge is 0.385 e. The van der Waals surface area contributed by atoms with Crippen LogP contribution in [0.3, 0.4) is 0 Å². The Morgan fingerprint density at radius 3 is 2.35 bits per heavy atom. The lowest BCUT2D eigenvalue weighted by Gasteiger charge is -2.47. The molecule has 0 spiro atoms. The highest BCUT2D eigenvalue weighted by molar-refractivity contribution is 5.99. The van der Waals surface area contributed by atoms with E-state index < -0.39 is 5.54 Å². The maximum absolute atomic E-state index is 12.9. The van der Waals surface area contributed by atoms with Gasteiger partial charge in [-0.1, -0.05) is 20.8 Å². The number of amides is 2. The quantitative estimate of drug-likeness (QED) is 0.774. The zero-order chi connectivity index (χ0) is 15.3. The van der Waals surface area contributed by atoms with Crippen LogP contribution < -0.4 is 5.32 Å². The summed E-state index contributed by atoms with van der Waals surface area (Å²) in [6, 6.07) is -0.350. The third-order valence-electron chi connectivity index (χ3n) is 4.45. The van der Waals surface area contributed by atoms with Crippen LogP contribution in [-0.2, 0) is 14.3 Å². The number of carbonyl (C=O) groups excluding carboxylic acids is 2. The van der Waals surface area contributed by atoms with Gasteiger partial charge in [0.25, 0.3) is 0 Å². The third-order valence-corrected chi connectivity index (χ3v) is 4.45. The Morgan fingerprint density at radius 2 is 1.90 bits per heavy atom. The number of methoxy groups -OCH3 is 1. The summed E-state index contributed by atoms with van der Waals surface area (Å²) < 4.78 is 5.10. The Kier molecular flexibility index (Phi) is 5.99. The fraction of sp³-hybridized carbons (Fsp3) is 0.867. The zero-order valence-corrected chi connectivity index (χ0v) is 13.4. The topological polar surface area (TPSA) is 58.6 Å². The molecule has 116 valence electrons. The lowest BCUT2D eigenvalue weighted by Crippen LogP contribution is -2.71. The molecule has 1 heterocycles. The van der Waals surface area contributed by atoms with Gasteiger partial charge in [-0.3, -0.25) is 9.59 Å². The average Bonchev–Trinajstić information content (AvgIpc) is 2.46. The molecular weight excluding hydrogens is 256 g/mol. The van der Waals surface area contributed by atoms with Crippen LogP contribution in [-0.4, -0.2) is 48.1 Å². The van der Waals surface area contributed by atoms with Gasteiger partial charge in [-0.05, 0) is 32.6 Å². The molecule has 0 saturated carbocycles. The van der Waals surface area contributed by atoms with Crippen molar-refractivity contribution < 1.29 is 14.3 Å². The van der Waals surface area contributed by atoms with E-state index in [-0.39, 0.29) is 23.9 Å². The summed E-state index contributed by atoms with van der Waals surface area (Å²) in [5, 5.41) is 2.96. The molecule has 2 unspecified atom stereocenters. The fourth-order valence-electron chi connectivity index (χ4n) is 2.93. The normalized spacial score (nSPS) is 23.6. The molecule has 0 aliphatic carbocycles. The predicted molar refractivity (Wildman–Crippen MR) is 78.3 cm³/mol. The van der Waals surface area contributed by atoms with Crippen molar-refractivity contribution in [3.05, 3.63) is 0 Å². The van der Waals surface area contributed by atoms with Crippen LogP contribution in [0.1, 0.15) is 53.4 Å². The molecular formula is C15H28N2O3. The van der Waals surface area contributed by atoms with Crippen molar-refractivity contribution in [1.82, 2.24) is 10.2 Å². The molecule has 0 radical (unpaired) electrons. The van der Waals surface area contributed by atoms with E-state index in [9.17, 15) is 9.59 Å². The van der Waals surface area contributed by atoms with Crippen LogP contribution in [0, 0.1) is 0 Å². The highest BCUT2D eigenvalue weighted by Gasteiger charge is 2.49. The molecule has 1 aliphatic heterocycles. The van der Waals surface area contributed by atoms with E-state index in [0.717, 1.165) is 6.42 Å². The monoisotopic (exact) mass is 284 g/mol. The van der Waals surface area contributed by atoms with Crippen LogP contribution in [0.5, 0.6) is 0 Å². The van der Waals surface area contributed by atoms with Crippen LogP contribution in [0.25, 0.3) is 0 Å². The van der Waals surface area contributed by atoms with Gasteiger partial charge >= 0.3 is 0 Å². The second-order valence-corrected chi connectivity index (χ2v) is 5.55. The molecule has 2 amide bonds. The van der Waals surface area contributed by atoms with Gasteiger partial charge in [-0.25, -0.2) is 0 Å². The van der Waals surface area contributed by atoms with Gasteiger partial charge in [0.2, 0.25) is 11.8 Å². The lowest BCUT2D eigenvalue weighted by atomic mass is 9.85. The van der Waals surface area contributed by atoms with Crippen molar-refractivity contribution in [1.29, 1.82) is 0 Å². The summed E-state index contributed by atoms with van der Waals surface area (Å²) in [4.78, 5) is 27.0. The Bertz CT molecular complexity index is 353. The number of hydrogen-bond donors (Lipinski definition) is 1. The van der Waals surface area contributed by atoms with E-state index in [0.29, 0.717) is 25.9 Å². The van der Waals surface area contributed by atoms with Gasteiger partial charge in [-0.2, -0.15) is 0 Å². The van der Waals surface area contributed by atoms with Crippen molar-refractivity contribution in [2.45, 2.75) is 71.0 Å². The molecule has 0 aromatic rings. The maximum atomic E-state index is 12.9. The van der Waals surface area contributed by atoms with E-state index in [1.54, 1.807) is 12.0 Å². The number of nitrogens with one attached hydrogen (secondary N) is 1. The molecule has 1 rings (SSSR count). The number of nitrogens with zero attached hydrogens (tertiary/aromatic N) is 1. The van der Waals surface area contributed by atoms with Crippen molar-refractivity contribution in [3.63, 3.8) is 0 Å². The summed E-state index contributed by atoms with van der Waals surface area (Å²) in [5.74, 6) is 0.0256. The lowest BCUT2D eigenvalue weighted by molar-refractivity contribution is -0.158. The van der Waals surface area contributed by atoms with Crippen molar-refractivity contribution >= 4 is 11.8 Å². The first-order valence-corrected chi connectivity index (χ1v) is 7.61. The first-order valence-electron chi connectivity index (χ1n) is 7.61. The molecule has 0 aromatic heterocycles. The average molecular weight is 284 g/mol. The van der Waals surface area contributed by atoms with Gasteiger partial charge in [0.05, 0.1) is 0 Å². The molecule has 0 aromatic carbocycles. The van der Waals surface area contributed by atoms with Gasteiger partial charge < -0.3 is 15.0 Å². The first kappa shape index (κ1) is 17.0. The summed E-state index contributed by atoms with van der Waals surface area (Å²) in [5.41, 5.74) is -0.732. The number of carbonyl (C=O) groups is 2. The minimum atomic E-state index is -0.732. The van der Waals surface area contributed by atoms with Crippen LogP contribution in [0.15, 0.2) is 0 Å². The second kappa shape index (κ2) is 7.07. The van der Waals surface area contributed by atoms with Gasteiger partial charge in [0.15, 0.2) is 0 Å². The molecule has 1 fully saturated rings. The number of hydrogen-bond acceptors (Lipinski definition) is 3. The standard InChI is InChI=1S/C15H28N2O3/c1-6-12-13(18)16-15(7-2,8-3)14(19)17(12)11(4)9-10-20-5/h11-12H,6-10H2,1-5H3,(H,16,18). The Labute approximate surface area is 122 Å². The van der Waals surface area contributed by atoms with E-state index in [1.165, 1.54) is 0 Å². The van der Waals surface area contributed by atoms with E-state index in [1.807, 2.05) is 27.7 Å². The summed E-state index contributed by atoms with van der Waals surface area (Å²) >= 11 is 0. The predicted octanol–water partition coefficient (Wildman–Crippen LogP) is 1.71. The molecule has 1 aliphatic rings. The third kappa shape index (κ3) is 2.97. The molecule has 1 saturated heterocycles. The number of ether oxygens (including phenoxy) is 1. The molecule has 1 N–H and O–H groups in total. The van der Waals surface area contributed by atoms with Crippen molar-refractivity contribution in [3.8, 4) is 0 Å². The fourth-order valence-corrected chi connectivity index (χ4v) is 2.93. The highest BCUT2D eigenvalue weighted by Crippen LogP contribution is 2.28. The van der Waals surface area contributed by atoms with E-state index in [2.05, 4.69) is 5.32 Å². The highest BCUT2D eigenvalue weighted by atomic mass is 16.5. The zero-order valence-electron chi connectivity index (χ0n) is 13.4. The smallest absolute Gasteiger partial charge is 0.249 e. The minimum Gasteiger partial charge on any atom is -0.385 e. The number of rotatable bonds is 7. The summed E-state index contributed by atoms with van der Waals surface area (Å²) in [7, 11) is 1.65. The van der Waals surface area contributed by atoms with E-state index >= 15 is 0 Å². The van der Waals surface area contributed by atoms with Crippen LogP contribution in [0.2, 0.25) is 0 Å². The first-order chi connectivity index (χ1) is 9.47. The van der Waals surface area contributed by atoms with Gasteiger partial charge in [-0.15, -0.1) is 0 Å². The molecule has 2 atom stereocenters. The van der Waals surface area contributed by atoms with E-state index in [4.69, 9.17) is 4.74 Å². The Morgan fingerprint density at radius 1 is 1.30 bits per heavy atom. The second-order valence-electron chi connectivity index (χ2n) is 5.55. The van der Waals surface area contributed by atoms with Gasteiger partial charge in [0, 0.05) is 19.8 Å². The van der Waals surface area contributed by atoms with Crippen molar-refractivity contribution in [2.24, 2.45) is 0 Å². The summed E-state index contributed by atoms with van der Waals surface area (Å²) in [6.45, 7) is 8.43. The maximum Gasteiger partial charge on any atom is 0.249 e. The Balaban J connectivity index is 3.06. The SMILES string of the molecule is CCC1C(=O)NC(CC)(CC)C(=O)N1C(C)CCOC. The number of piperazine rings is 1. The molecule has 5 heteroatoms. The Hall–Kier alpha value is -1.10. The van der Waals surface area contributed by atoms with Crippen LogP contribution >= 0.6 is 0 Å². The van der Waals surface area contributed by atoms with Crippen molar-refractivity contribution in [2.75, 3.05) is 13.7 Å². The minimum absolute atomic E-state index is 0.0101. The summed E-state index contributed by atoms with van der Waals surface area (Å²) in [6.07, 6.45) is 2.63. The molecule has 5 nitrogen and oxygen atoms in total. The molecule has 0 bridgehead atoms. The van der Waals surface area contributed by atoms with Crippen LogP contribution in [0.4, 0.5) is 0 Å².